The third-order valence-corrected chi connectivity index (χ3v) is 5.93. The summed E-state index contributed by atoms with van der Waals surface area (Å²) >= 11 is 0. The van der Waals surface area contributed by atoms with Gasteiger partial charge in [0.25, 0.3) is 0 Å². The van der Waals surface area contributed by atoms with Crippen molar-refractivity contribution in [3.8, 4) is 6.07 Å². The Labute approximate surface area is 128 Å². The van der Waals surface area contributed by atoms with Gasteiger partial charge in [-0.05, 0) is 42.2 Å². The van der Waals surface area contributed by atoms with E-state index in [-0.39, 0.29) is 35.5 Å². The van der Waals surface area contributed by atoms with Gasteiger partial charge >= 0.3 is 0 Å². The van der Waals surface area contributed by atoms with Crippen LogP contribution >= 0.6 is 0 Å². The van der Waals surface area contributed by atoms with Crippen LogP contribution in [0.25, 0.3) is 0 Å². The van der Waals surface area contributed by atoms with Gasteiger partial charge in [0.1, 0.15) is 6.07 Å². The molecule has 6 rings (SSSR count). The molecule has 1 aromatic carbocycles. The molecule has 0 N–H and O–H groups in total. The van der Waals surface area contributed by atoms with Crippen molar-refractivity contribution in [2.24, 2.45) is 35.5 Å². The quantitative estimate of drug-likeness (QED) is 0.588. The van der Waals surface area contributed by atoms with Crippen molar-refractivity contribution in [3.63, 3.8) is 0 Å². The number of para-hydroxylation sites is 1. The molecule has 5 aliphatic rings. The summed E-state index contributed by atoms with van der Waals surface area (Å²) < 4.78 is 0. The van der Waals surface area contributed by atoms with Crippen molar-refractivity contribution in [2.75, 3.05) is 4.90 Å². The number of benzene rings is 1. The number of anilines is 1. The zero-order valence-corrected chi connectivity index (χ0v) is 11.8. The minimum Gasteiger partial charge on any atom is -0.274 e. The van der Waals surface area contributed by atoms with Gasteiger partial charge in [0, 0.05) is 0 Å². The molecule has 22 heavy (non-hydrogen) atoms. The van der Waals surface area contributed by atoms with Gasteiger partial charge in [-0.15, -0.1) is 0 Å². The monoisotopic (exact) mass is 290 g/mol. The van der Waals surface area contributed by atoms with Crippen LogP contribution in [-0.4, -0.2) is 11.8 Å². The first-order valence-electron chi connectivity index (χ1n) is 7.77. The highest BCUT2D eigenvalue weighted by atomic mass is 16.2. The molecule has 6 atom stereocenters. The maximum atomic E-state index is 12.9. The number of rotatable bonds is 1. The second-order valence-corrected chi connectivity index (χ2v) is 6.80. The molecule has 108 valence electrons. The van der Waals surface area contributed by atoms with Crippen molar-refractivity contribution in [1.29, 1.82) is 5.26 Å². The van der Waals surface area contributed by atoms with E-state index in [0.29, 0.717) is 23.1 Å². The van der Waals surface area contributed by atoms with Crippen molar-refractivity contribution in [3.05, 3.63) is 42.0 Å². The highest BCUT2D eigenvalue weighted by Gasteiger charge is 2.67. The molecule has 4 nitrogen and oxygen atoms in total. The molecule has 4 heteroatoms. The maximum absolute atomic E-state index is 12.9. The van der Waals surface area contributed by atoms with E-state index in [9.17, 15) is 14.9 Å². The highest BCUT2D eigenvalue weighted by molar-refractivity contribution is 6.23. The average Bonchev–Trinajstić information content (AvgIpc) is 3.32. The molecular weight excluding hydrogens is 276 g/mol. The normalized spacial score (nSPS) is 40.4. The van der Waals surface area contributed by atoms with Crippen LogP contribution < -0.4 is 4.90 Å². The van der Waals surface area contributed by atoms with Gasteiger partial charge in [-0.2, -0.15) is 5.26 Å². The van der Waals surface area contributed by atoms with Crippen LogP contribution in [0.5, 0.6) is 0 Å². The molecule has 4 aliphatic carbocycles. The minimum atomic E-state index is -0.210. The number of hydrogen-bond acceptors (Lipinski definition) is 3. The number of hydrogen-bond donors (Lipinski definition) is 0. The zero-order chi connectivity index (χ0) is 15.0. The summed E-state index contributed by atoms with van der Waals surface area (Å²) in [5.41, 5.74) is 0.829. The molecule has 0 aromatic heterocycles. The lowest BCUT2D eigenvalue weighted by atomic mass is 9.63. The molecule has 1 aliphatic heterocycles. The third kappa shape index (κ3) is 1.28. The van der Waals surface area contributed by atoms with Crippen LogP contribution in [0, 0.1) is 46.8 Å². The molecule has 2 bridgehead atoms. The van der Waals surface area contributed by atoms with Gasteiger partial charge < -0.3 is 0 Å². The summed E-state index contributed by atoms with van der Waals surface area (Å²) in [5.74, 6) is 0.991. The summed E-state index contributed by atoms with van der Waals surface area (Å²) in [4.78, 5) is 27.2. The number of nitriles is 1. The number of carbonyl (C=O) groups excluding carboxylic acids is 2. The predicted molar refractivity (Wildman–Crippen MR) is 78.3 cm³/mol. The minimum absolute atomic E-state index is 0.109. The van der Waals surface area contributed by atoms with E-state index in [1.807, 2.05) is 0 Å². The van der Waals surface area contributed by atoms with Gasteiger partial charge in [0.05, 0.1) is 23.1 Å². The van der Waals surface area contributed by atoms with Gasteiger partial charge in [-0.1, -0.05) is 24.3 Å². The molecule has 2 saturated carbocycles. The van der Waals surface area contributed by atoms with Crippen LogP contribution in [0.3, 0.4) is 0 Å². The molecule has 1 aromatic rings. The van der Waals surface area contributed by atoms with Gasteiger partial charge in [0.15, 0.2) is 0 Å². The lowest BCUT2D eigenvalue weighted by Crippen LogP contribution is -2.40. The first kappa shape index (κ1) is 12.2. The van der Waals surface area contributed by atoms with Crippen LogP contribution in [0.1, 0.15) is 12.0 Å². The van der Waals surface area contributed by atoms with E-state index in [1.54, 1.807) is 24.3 Å². The number of allylic oxidation sites excluding steroid dienone is 2. The van der Waals surface area contributed by atoms with E-state index in [1.165, 1.54) is 4.90 Å². The van der Waals surface area contributed by atoms with Crippen molar-refractivity contribution in [2.45, 2.75) is 6.42 Å². The maximum Gasteiger partial charge on any atom is 0.238 e. The summed E-state index contributed by atoms with van der Waals surface area (Å²) in [6.07, 6.45) is 5.47. The fourth-order valence-corrected chi connectivity index (χ4v) is 4.96. The Morgan fingerprint density at radius 2 is 1.59 bits per heavy atom. The summed E-state index contributed by atoms with van der Waals surface area (Å²) in [7, 11) is 0. The van der Waals surface area contributed by atoms with Crippen LogP contribution in [0.2, 0.25) is 0 Å². The Hall–Kier alpha value is -2.41. The second kappa shape index (κ2) is 3.86. The Morgan fingerprint density at radius 3 is 2.18 bits per heavy atom. The Balaban J connectivity index is 1.62. The Morgan fingerprint density at radius 1 is 1.00 bits per heavy atom. The predicted octanol–water partition coefficient (Wildman–Crippen LogP) is 2.12. The first-order chi connectivity index (χ1) is 10.7. The summed E-state index contributed by atoms with van der Waals surface area (Å²) in [5, 5.41) is 9.26. The fourth-order valence-electron chi connectivity index (χ4n) is 4.96. The fraction of sp³-hybridized carbons (Fsp3) is 0.389. The van der Waals surface area contributed by atoms with E-state index in [4.69, 9.17) is 0 Å². The van der Waals surface area contributed by atoms with Crippen molar-refractivity contribution in [1.82, 2.24) is 0 Å². The van der Waals surface area contributed by atoms with E-state index in [2.05, 4.69) is 18.2 Å². The average molecular weight is 290 g/mol. The molecular formula is C18H14N2O2. The van der Waals surface area contributed by atoms with E-state index < -0.39 is 0 Å². The summed E-state index contributed by atoms with van der Waals surface area (Å²) in [6.45, 7) is 0. The number of imide groups is 1. The van der Waals surface area contributed by atoms with Crippen LogP contribution in [-0.2, 0) is 9.59 Å². The van der Waals surface area contributed by atoms with Crippen LogP contribution in [0.15, 0.2) is 36.4 Å². The Kier molecular flexibility index (Phi) is 2.14. The largest absolute Gasteiger partial charge is 0.274 e. The Bertz CT molecular complexity index is 755. The van der Waals surface area contributed by atoms with Gasteiger partial charge in [0.2, 0.25) is 11.8 Å². The smallest absolute Gasteiger partial charge is 0.238 e. The summed E-state index contributed by atoms with van der Waals surface area (Å²) in [6, 6.07) is 8.96. The molecule has 0 spiro atoms. The molecule has 1 saturated heterocycles. The molecule has 0 radical (unpaired) electrons. The third-order valence-electron chi connectivity index (χ3n) is 5.93. The van der Waals surface area contributed by atoms with E-state index >= 15 is 0 Å². The van der Waals surface area contributed by atoms with E-state index in [0.717, 1.165) is 6.42 Å². The number of carbonyl (C=O) groups is 2. The molecule has 3 fully saturated rings. The highest BCUT2D eigenvalue weighted by Crippen LogP contribution is 2.65. The number of amides is 2. The van der Waals surface area contributed by atoms with Gasteiger partial charge in [-0.25, -0.2) is 4.90 Å². The lowest BCUT2D eigenvalue weighted by Gasteiger charge is -2.37. The second-order valence-electron chi connectivity index (χ2n) is 6.80. The van der Waals surface area contributed by atoms with Crippen molar-refractivity contribution >= 4 is 17.5 Å². The zero-order valence-electron chi connectivity index (χ0n) is 11.8. The molecule has 0 unspecified atom stereocenters. The molecule has 1 heterocycles. The van der Waals surface area contributed by atoms with Gasteiger partial charge in [-0.3, -0.25) is 9.59 Å². The standard InChI is InChI=1S/C18H14N2O2/c19-8-9-3-1-2-4-14(9)20-17(21)15-10-5-6-11(13-7-12(10)13)16(15)18(20)22/h1-6,10-13,15-16H,7H2/t10-,11-,12-,13+,15+,16-/m1/s1. The first-order valence-corrected chi connectivity index (χ1v) is 7.77. The topological polar surface area (TPSA) is 61.2 Å². The lowest BCUT2D eigenvalue weighted by molar-refractivity contribution is -0.124. The number of nitrogens with zero attached hydrogens (tertiary/aromatic N) is 2. The van der Waals surface area contributed by atoms with Crippen molar-refractivity contribution < 1.29 is 9.59 Å². The SMILES string of the molecule is N#Cc1ccccc1N1C(=O)[C@@H]2[C@@H]3C=C[C@H]([C@H]4C[C@@H]34)[C@@H]2C1=O. The van der Waals surface area contributed by atoms with Crippen LogP contribution in [0.4, 0.5) is 5.69 Å². The molecule has 2 amide bonds.